The lowest BCUT2D eigenvalue weighted by molar-refractivity contribution is 0.201. The molecule has 1 fully saturated rings. The molecular formula is C26H27NO3. The predicted octanol–water partition coefficient (Wildman–Crippen LogP) is 6.01. The lowest BCUT2D eigenvalue weighted by atomic mass is 9.95. The molecule has 2 aromatic carbocycles. The van der Waals surface area contributed by atoms with Crippen molar-refractivity contribution < 1.29 is 14.2 Å². The Morgan fingerprint density at radius 2 is 1.53 bits per heavy atom. The molecule has 1 aromatic heterocycles. The van der Waals surface area contributed by atoms with Crippen molar-refractivity contribution in [2.45, 2.75) is 31.8 Å². The molecule has 0 atom stereocenters. The zero-order valence-corrected chi connectivity index (χ0v) is 17.5. The van der Waals surface area contributed by atoms with Crippen molar-refractivity contribution >= 4 is 11.6 Å². The maximum Gasteiger partial charge on any atom is 0.162 e. The fourth-order valence-corrected chi connectivity index (χ4v) is 3.85. The molecule has 154 valence electrons. The first kappa shape index (κ1) is 20.0. The van der Waals surface area contributed by atoms with Gasteiger partial charge in [0.25, 0.3) is 0 Å². The van der Waals surface area contributed by atoms with Gasteiger partial charge in [-0.2, -0.15) is 0 Å². The second-order valence-corrected chi connectivity index (χ2v) is 7.46. The average Bonchev–Trinajstić information content (AvgIpc) is 3.31. The zero-order valence-electron chi connectivity index (χ0n) is 17.5. The van der Waals surface area contributed by atoms with Crippen LogP contribution in [0.2, 0.25) is 0 Å². The van der Waals surface area contributed by atoms with E-state index in [1.54, 1.807) is 26.6 Å². The lowest BCUT2D eigenvalue weighted by Gasteiger charge is -2.18. The number of hydrogen-bond donors (Lipinski definition) is 0. The maximum absolute atomic E-state index is 6.33. The van der Waals surface area contributed by atoms with Crippen LogP contribution in [0.4, 0.5) is 0 Å². The van der Waals surface area contributed by atoms with Crippen LogP contribution < -0.4 is 14.2 Å². The number of benzene rings is 2. The van der Waals surface area contributed by atoms with Crippen molar-refractivity contribution in [1.29, 1.82) is 0 Å². The van der Waals surface area contributed by atoms with E-state index in [1.165, 1.54) is 12.8 Å². The molecule has 0 saturated heterocycles. The molecule has 0 bridgehead atoms. The van der Waals surface area contributed by atoms with Crippen molar-refractivity contribution in [1.82, 2.24) is 4.98 Å². The third-order valence-electron chi connectivity index (χ3n) is 5.49. The number of nitrogens with zero attached hydrogens (tertiary/aromatic N) is 1. The summed E-state index contributed by atoms with van der Waals surface area (Å²) in [4.78, 5) is 4.13. The Kier molecular flexibility index (Phi) is 6.33. The van der Waals surface area contributed by atoms with Crippen molar-refractivity contribution in [3.05, 3.63) is 83.7 Å². The number of pyridine rings is 1. The topological polar surface area (TPSA) is 40.6 Å². The van der Waals surface area contributed by atoms with Crippen LogP contribution in [-0.4, -0.2) is 25.3 Å². The summed E-state index contributed by atoms with van der Waals surface area (Å²) in [5, 5.41) is 0. The Hall–Kier alpha value is -3.27. The van der Waals surface area contributed by atoms with Crippen LogP contribution in [0, 0.1) is 0 Å². The molecule has 30 heavy (non-hydrogen) atoms. The minimum atomic E-state index is 0.266. The summed E-state index contributed by atoms with van der Waals surface area (Å²) < 4.78 is 17.2. The van der Waals surface area contributed by atoms with E-state index in [0.29, 0.717) is 0 Å². The lowest BCUT2D eigenvalue weighted by Crippen LogP contribution is -2.11. The van der Waals surface area contributed by atoms with Gasteiger partial charge in [0.2, 0.25) is 0 Å². The molecule has 4 nitrogen and oxygen atoms in total. The van der Waals surface area contributed by atoms with E-state index in [4.69, 9.17) is 14.2 Å². The number of methoxy groups -OCH3 is 2. The molecule has 0 unspecified atom stereocenters. The first-order valence-electron chi connectivity index (χ1n) is 10.4. The fourth-order valence-electron chi connectivity index (χ4n) is 3.85. The molecule has 4 heteroatoms. The largest absolute Gasteiger partial charge is 0.497 e. The van der Waals surface area contributed by atoms with Gasteiger partial charge in [-0.1, -0.05) is 18.2 Å². The van der Waals surface area contributed by atoms with E-state index in [0.717, 1.165) is 52.4 Å². The van der Waals surface area contributed by atoms with Crippen LogP contribution in [0.1, 0.15) is 42.4 Å². The van der Waals surface area contributed by atoms with Crippen molar-refractivity contribution in [2.75, 3.05) is 14.2 Å². The molecule has 0 radical (unpaired) electrons. The predicted molar refractivity (Wildman–Crippen MR) is 120 cm³/mol. The third-order valence-corrected chi connectivity index (χ3v) is 5.49. The summed E-state index contributed by atoms with van der Waals surface area (Å²) in [6.07, 6.45) is 10.7. The summed E-state index contributed by atoms with van der Waals surface area (Å²) in [6, 6.07) is 18.3. The molecule has 1 saturated carbocycles. The Labute approximate surface area is 178 Å². The zero-order chi connectivity index (χ0) is 20.8. The van der Waals surface area contributed by atoms with E-state index >= 15 is 0 Å². The average molecular weight is 402 g/mol. The smallest absolute Gasteiger partial charge is 0.162 e. The molecule has 0 N–H and O–H groups in total. The summed E-state index contributed by atoms with van der Waals surface area (Å²) in [5.74, 6) is 2.40. The first-order chi connectivity index (χ1) is 14.8. The van der Waals surface area contributed by atoms with Crippen LogP contribution in [0.15, 0.2) is 67.0 Å². The molecule has 1 aliphatic carbocycles. The maximum atomic E-state index is 6.33. The van der Waals surface area contributed by atoms with Gasteiger partial charge in [0.05, 0.1) is 20.3 Å². The highest BCUT2D eigenvalue weighted by Crippen LogP contribution is 2.36. The van der Waals surface area contributed by atoms with Crippen LogP contribution in [-0.2, 0) is 0 Å². The van der Waals surface area contributed by atoms with Crippen molar-refractivity contribution in [3.63, 3.8) is 0 Å². The van der Waals surface area contributed by atoms with E-state index in [2.05, 4.69) is 35.3 Å². The quantitative estimate of drug-likeness (QED) is 0.486. The highest BCUT2D eigenvalue weighted by atomic mass is 16.5. The van der Waals surface area contributed by atoms with Gasteiger partial charge in [0.1, 0.15) is 5.75 Å². The Balaban J connectivity index is 1.76. The van der Waals surface area contributed by atoms with E-state index in [1.807, 2.05) is 30.3 Å². The molecule has 0 amide bonds. The summed E-state index contributed by atoms with van der Waals surface area (Å²) >= 11 is 0. The summed E-state index contributed by atoms with van der Waals surface area (Å²) in [5.41, 5.74) is 4.36. The number of hydrogen-bond acceptors (Lipinski definition) is 4. The number of aromatic nitrogens is 1. The van der Waals surface area contributed by atoms with Crippen LogP contribution in [0.3, 0.4) is 0 Å². The second kappa shape index (κ2) is 9.49. The van der Waals surface area contributed by atoms with Gasteiger partial charge in [-0.15, -0.1) is 0 Å². The van der Waals surface area contributed by atoms with Gasteiger partial charge in [-0.3, -0.25) is 4.98 Å². The van der Waals surface area contributed by atoms with E-state index in [9.17, 15) is 0 Å². The molecule has 0 aliphatic heterocycles. The fraction of sp³-hybridized carbons (Fsp3) is 0.269. The second-order valence-electron chi connectivity index (χ2n) is 7.46. The normalized spacial score (nSPS) is 14.5. The minimum Gasteiger partial charge on any atom is -0.497 e. The molecule has 1 heterocycles. The Bertz CT molecular complexity index is 991. The summed E-state index contributed by atoms with van der Waals surface area (Å²) in [7, 11) is 3.37. The van der Waals surface area contributed by atoms with Crippen LogP contribution in [0.5, 0.6) is 17.2 Å². The van der Waals surface area contributed by atoms with Crippen molar-refractivity contribution in [3.8, 4) is 17.2 Å². The van der Waals surface area contributed by atoms with Gasteiger partial charge in [0.15, 0.2) is 11.5 Å². The van der Waals surface area contributed by atoms with Crippen LogP contribution >= 0.6 is 0 Å². The third kappa shape index (κ3) is 4.65. The molecule has 1 aliphatic rings. The molecule has 0 spiro atoms. The number of rotatable bonds is 7. The number of ether oxygens (including phenoxy) is 3. The highest BCUT2D eigenvalue weighted by Gasteiger charge is 2.19. The first-order valence-corrected chi connectivity index (χ1v) is 10.4. The van der Waals surface area contributed by atoms with Gasteiger partial charge < -0.3 is 14.2 Å². The SMILES string of the molecule is COc1ccc(/C(=C\c2ccncc2)c2ccc(OC)c(OC3CCCC3)c2)cc1. The Morgan fingerprint density at radius 1 is 0.833 bits per heavy atom. The molecule has 4 rings (SSSR count). The van der Waals surface area contributed by atoms with Gasteiger partial charge in [0, 0.05) is 12.4 Å². The molecular weight excluding hydrogens is 374 g/mol. The summed E-state index contributed by atoms with van der Waals surface area (Å²) in [6.45, 7) is 0. The van der Waals surface area contributed by atoms with Crippen molar-refractivity contribution in [2.24, 2.45) is 0 Å². The van der Waals surface area contributed by atoms with Gasteiger partial charge in [-0.05, 0) is 90.4 Å². The minimum absolute atomic E-state index is 0.266. The van der Waals surface area contributed by atoms with Gasteiger partial charge >= 0.3 is 0 Å². The van der Waals surface area contributed by atoms with E-state index in [-0.39, 0.29) is 6.10 Å². The monoisotopic (exact) mass is 401 g/mol. The molecule has 3 aromatic rings. The van der Waals surface area contributed by atoms with Gasteiger partial charge in [-0.25, -0.2) is 0 Å². The standard InChI is InChI=1S/C26H27NO3/c1-28-22-10-7-20(8-11-22)24(17-19-13-15-27-16-14-19)21-9-12-25(29-2)26(18-21)30-23-5-3-4-6-23/h7-18,23H,3-6H2,1-2H3/b24-17+. The Morgan fingerprint density at radius 3 is 2.20 bits per heavy atom. The highest BCUT2D eigenvalue weighted by molar-refractivity contribution is 5.92. The van der Waals surface area contributed by atoms with E-state index < -0.39 is 0 Å². The van der Waals surface area contributed by atoms with Crippen LogP contribution in [0.25, 0.3) is 11.6 Å².